The van der Waals surface area contributed by atoms with E-state index >= 15 is 0 Å². The molecule has 0 amide bonds. The molecule has 4 heteroatoms. The molecule has 4 nitrogen and oxygen atoms in total. The van der Waals surface area contributed by atoms with Gasteiger partial charge in [0.05, 0.1) is 39.2 Å². The van der Waals surface area contributed by atoms with Crippen LogP contribution >= 0.6 is 0 Å². The number of anilines is 6. The van der Waals surface area contributed by atoms with Crippen LogP contribution in [0, 0.1) is 0 Å². The SMILES string of the molecule is c1ccc(-c2cc3c(-c4ccccc4)cc(N(c4cccc5ccccc45)c4cccc5oc6ccccc6c45)cc3cc2N(c2cccc3ccccc23)c2cccc3oc4ccccc4c23)cc1. The molecule has 0 fully saturated rings. The van der Waals surface area contributed by atoms with Gasteiger partial charge < -0.3 is 18.6 Å². The third-order valence-corrected chi connectivity index (χ3v) is 14.0. The van der Waals surface area contributed by atoms with Gasteiger partial charge in [0.1, 0.15) is 22.3 Å². The van der Waals surface area contributed by atoms with Gasteiger partial charge in [-0.3, -0.25) is 0 Å². The molecule has 2 heterocycles. The first-order valence-corrected chi connectivity index (χ1v) is 23.8. The normalized spacial score (nSPS) is 11.7. The average Bonchev–Trinajstić information content (AvgIpc) is 4.01. The number of nitrogens with zero attached hydrogens (tertiary/aromatic N) is 2. The van der Waals surface area contributed by atoms with Gasteiger partial charge in [0.15, 0.2) is 0 Å². The van der Waals surface area contributed by atoms with Crippen molar-refractivity contribution in [3.05, 3.63) is 255 Å². The van der Waals surface area contributed by atoms with Gasteiger partial charge in [-0.2, -0.15) is 0 Å². The predicted octanol–water partition coefficient (Wildman–Crippen LogP) is 19.2. The van der Waals surface area contributed by atoms with Gasteiger partial charge >= 0.3 is 0 Å². The highest BCUT2D eigenvalue weighted by Gasteiger charge is 2.27. The Labute approximate surface area is 404 Å². The molecule has 14 rings (SSSR count). The Morgan fingerprint density at radius 1 is 0.243 bits per heavy atom. The van der Waals surface area contributed by atoms with E-state index in [1.807, 2.05) is 12.1 Å². The fourth-order valence-corrected chi connectivity index (χ4v) is 10.9. The van der Waals surface area contributed by atoms with E-state index in [1.54, 1.807) is 0 Å². The Kier molecular flexibility index (Phi) is 9.17. The van der Waals surface area contributed by atoms with Gasteiger partial charge in [-0.25, -0.2) is 0 Å². The van der Waals surface area contributed by atoms with Crippen molar-refractivity contribution in [3.8, 4) is 22.3 Å². The maximum Gasteiger partial charge on any atom is 0.137 e. The van der Waals surface area contributed by atoms with Crippen LogP contribution in [0.5, 0.6) is 0 Å². The second kappa shape index (κ2) is 16.2. The molecule has 0 bridgehead atoms. The van der Waals surface area contributed by atoms with Crippen molar-refractivity contribution in [2.45, 2.75) is 0 Å². The van der Waals surface area contributed by atoms with Crippen LogP contribution in [-0.2, 0) is 0 Å². The van der Waals surface area contributed by atoms with Gasteiger partial charge in [0.25, 0.3) is 0 Å². The Morgan fingerprint density at radius 2 is 0.671 bits per heavy atom. The van der Waals surface area contributed by atoms with Gasteiger partial charge in [0.2, 0.25) is 0 Å². The third kappa shape index (κ3) is 6.38. The van der Waals surface area contributed by atoms with Crippen LogP contribution in [0.25, 0.3) is 98.4 Å². The summed E-state index contributed by atoms with van der Waals surface area (Å²) in [6.07, 6.45) is 0. The van der Waals surface area contributed by atoms with Gasteiger partial charge in [-0.1, -0.05) is 182 Å². The molecule has 0 atom stereocenters. The second-order valence-corrected chi connectivity index (χ2v) is 18.0. The first kappa shape index (κ1) is 39.8. The maximum absolute atomic E-state index is 6.62. The summed E-state index contributed by atoms with van der Waals surface area (Å²) in [4.78, 5) is 4.92. The van der Waals surface area contributed by atoms with Crippen LogP contribution in [0.15, 0.2) is 264 Å². The minimum Gasteiger partial charge on any atom is -0.456 e. The number of fused-ring (bicyclic) bond motifs is 9. The highest BCUT2D eigenvalue weighted by molar-refractivity contribution is 6.18. The van der Waals surface area contributed by atoms with Crippen LogP contribution < -0.4 is 9.80 Å². The molecule has 0 spiro atoms. The monoisotopic (exact) mass is 894 g/mol. The van der Waals surface area contributed by atoms with Crippen molar-refractivity contribution in [2.75, 3.05) is 9.80 Å². The van der Waals surface area contributed by atoms with E-state index in [2.05, 4.69) is 252 Å². The first-order chi connectivity index (χ1) is 34.7. The first-order valence-electron chi connectivity index (χ1n) is 23.8. The average molecular weight is 895 g/mol. The zero-order valence-electron chi connectivity index (χ0n) is 38.0. The van der Waals surface area contributed by atoms with Crippen LogP contribution in [0.4, 0.5) is 34.1 Å². The number of para-hydroxylation sites is 2. The van der Waals surface area contributed by atoms with Crippen molar-refractivity contribution in [1.29, 1.82) is 0 Å². The lowest BCUT2D eigenvalue weighted by atomic mass is 9.91. The topological polar surface area (TPSA) is 32.8 Å². The zero-order valence-corrected chi connectivity index (χ0v) is 38.0. The van der Waals surface area contributed by atoms with E-state index < -0.39 is 0 Å². The van der Waals surface area contributed by atoms with Crippen molar-refractivity contribution < 1.29 is 8.83 Å². The van der Waals surface area contributed by atoms with Gasteiger partial charge in [0, 0.05) is 32.8 Å². The molecule has 0 N–H and O–H groups in total. The summed E-state index contributed by atoms with van der Waals surface area (Å²) in [5.74, 6) is 0. The fraction of sp³-hybridized carbons (Fsp3) is 0. The predicted molar refractivity (Wildman–Crippen MR) is 294 cm³/mol. The number of furan rings is 2. The van der Waals surface area contributed by atoms with Crippen LogP contribution in [0.2, 0.25) is 0 Å². The van der Waals surface area contributed by atoms with Crippen LogP contribution in [0.1, 0.15) is 0 Å². The molecule has 0 saturated heterocycles. The van der Waals surface area contributed by atoms with Crippen molar-refractivity contribution in [3.63, 3.8) is 0 Å². The molecule has 14 aromatic rings. The van der Waals surface area contributed by atoms with Gasteiger partial charge in [-0.05, 0) is 111 Å². The fourth-order valence-electron chi connectivity index (χ4n) is 10.9. The summed E-state index contributed by atoms with van der Waals surface area (Å²) in [6, 6.07) is 91.6. The molecule has 0 unspecified atom stereocenters. The number of hydrogen-bond donors (Lipinski definition) is 0. The molecule has 0 saturated carbocycles. The minimum absolute atomic E-state index is 0.839. The minimum atomic E-state index is 0.839. The molecule has 0 radical (unpaired) electrons. The Hall–Kier alpha value is -9.38. The van der Waals surface area contributed by atoms with E-state index in [1.165, 1.54) is 5.39 Å². The van der Waals surface area contributed by atoms with Crippen molar-refractivity contribution >= 4 is 110 Å². The standard InChI is InChI=1S/C66H42N2O2/c1-3-19-45(20-4-1)53-41-48(67(56-31-15-25-43-23-7-9-27-49(43)56)58-33-17-37-63-65(58)51-29-11-13-35-61(51)69-63)39-47-40-60(55(42-54(47)53)46-21-5-2-6-22-46)68(57-32-16-26-44-24-8-10-28-50(44)57)59-34-18-38-64-66(59)52-30-12-14-36-62(52)70-64/h1-42H. The van der Waals surface area contributed by atoms with E-state index in [0.29, 0.717) is 0 Å². The summed E-state index contributed by atoms with van der Waals surface area (Å²) in [5.41, 5.74) is 14.2. The molecular weight excluding hydrogens is 853 g/mol. The molecule has 328 valence electrons. The van der Waals surface area contributed by atoms with E-state index in [4.69, 9.17) is 8.83 Å². The maximum atomic E-state index is 6.62. The second-order valence-electron chi connectivity index (χ2n) is 18.0. The van der Waals surface area contributed by atoms with Crippen molar-refractivity contribution in [1.82, 2.24) is 0 Å². The lowest BCUT2D eigenvalue weighted by Crippen LogP contribution is -2.13. The highest BCUT2D eigenvalue weighted by atomic mass is 16.3. The summed E-state index contributed by atoms with van der Waals surface area (Å²) >= 11 is 0. The summed E-state index contributed by atoms with van der Waals surface area (Å²) < 4.78 is 13.2. The van der Waals surface area contributed by atoms with Crippen LogP contribution in [-0.4, -0.2) is 0 Å². The van der Waals surface area contributed by atoms with E-state index in [-0.39, 0.29) is 0 Å². The lowest BCUT2D eigenvalue weighted by molar-refractivity contribution is 0.668. The Bertz CT molecular complexity index is 4310. The molecular formula is C66H42N2O2. The van der Waals surface area contributed by atoms with E-state index in [9.17, 15) is 0 Å². The number of rotatable bonds is 8. The summed E-state index contributed by atoms with van der Waals surface area (Å²) in [5, 5.41) is 11.1. The molecule has 70 heavy (non-hydrogen) atoms. The Morgan fingerprint density at radius 3 is 1.26 bits per heavy atom. The molecule has 12 aromatic carbocycles. The molecule has 0 aliphatic heterocycles. The zero-order chi connectivity index (χ0) is 46.1. The van der Waals surface area contributed by atoms with Crippen molar-refractivity contribution in [2.24, 2.45) is 0 Å². The highest BCUT2D eigenvalue weighted by Crippen LogP contribution is 2.52. The summed E-state index contributed by atoms with van der Waals surface area (Å²) in [7, 11) is 0. The van der Waals surface area contributed by atoms with Crippen LogP contribution in [0.3, 0.4) is 0 Å². The lowest BCUT2D eigenvalue weighted by Gasteiger charge is -2.31. The summed E-state index contributed by atoms with van der Waals surface area (Å²) in [6.45, 7) is 0. The van der Waals surface area contributed by atoms with E-state index in [0.717, 1.165) is 127 Å². The Balaban J connectivity index is 1.13. The van der Waals surface area contributed by atoms with Gasteiger partial charge in [-0.15, -0.1) is 0 Å². The molecule has 2 aromatic heterocycles. The number of hydrogen-bond acceptors (Lipinski definition) is 4. The largest absolute Gasteiger partial charge is 0.456 e. The quantitative estimate of drug-likeness (QED) is 0.152. The molecule has 0 aliphatic rings. The number of benzene rings is 12. The smallest absolute Gasteiger partial charge is 0.137 e. The third-order valence-electron chi connectivity index (χ3n) is 14.0. The molecule has 0 aliphatic carbocycles.